The van der Waals surface area contributed by atoms with Crippen LogP contribution >= 0.6 is 0 Å². The first kappa shape index (κ1) is 11.5. The number of carboxylic acid groups (broad SMARTS) is 1. The molecule has 1 aromatic rings. The van der Waals surface area contributed by atoms with Crippen LogP contribution < -0.4 is 5.32 Å². The molecule has 0 aromatic heterocycles. The average molecular weight is 231 g/mol. The first-order valence-corrected chi connectivity index (χ1v) is 5.33. The zero-order chi connectivity index (χ0) is 11.6. The van der Waals surface area contributed by atoms with Gasteiger partial charge in [0.15, 0.2) is 0 Å². The molecule has 1 rings (SSSR count). The van der Waals surface area contributed by atoms with Crippen molar-refractivity contribution in [3.05, 3.63) is 23.8 Å². The molecule has 0 aliphatic heterocycles. The van der Waals surface area contributed by atoms with E-state index in [2.05, 4.69) is 0 Å². The highest BCUT2D eigenvalue weighted by Crippen LogP contribution is 2.19. The fourth-order valence-corrected chi connectivity index (χ4v) is 1.52. The highest BCUT2D eigenvalue weighted by molar-refractivity contribution is 7.85. The summed E-state index contributed by atoms with van der Waals surface area (Å²) in [6.45, 7) is 1.61. The Bertz CT molecular complexity index is 494. The molecular weight excluding hydrogens is 222 g/mol. The van der Waals surface area contributed by atoms with Crippen LogP contribution in [0.5, 0.6) is 0 Å². The number of hydrogen-bond acceptors (Lipinski definition) is 3. The molecule has 0 spiro atoms. The van der Waals surface area contributed by atoms with Gasteiger partial charge in [-0.2, -0.15) is 8.42 Å². The minimum atomic E-state index is -4.31. The lowest BCUT2D eigenvalue weighted by molar-refractivity contribution is 0.209. The number of carbonyl (C=O) groups is 1. The van der Waals surface area contributed by atoms with Crippen molar-refractivity contribution in [2.45, 2.75) is 11.8 Å². The molecular formula is C8H9NO5S. The van der Waals surface area contributed by atoms with E-state index in [1.807, 2.05) is 5.32 Å². The number of amides is 1. The highest BCUT2D eigenvalue weighted by Gasteiger charge is 2.12. The quantitative estimate of drug-likeness (QED) is 0.666. The summed E-state index contributed by atoms with van der Waals surface area (Å²) in [5.41, 5.74) is 0.683. The third kappa shape index (κ3) is 2.93. The Morgan fingerprint density at radius 3 is 2.47 bits per heavy atom. The van der Waals surface area contributed by atoms with Crippen molar-refractivity contribution in [1.82, 2.24) is 0 Å². The minimum Gasteiger partial charge on any atom is -0.465 e. The second-order valence-electron chi connectivity index (χ2n) is 2.88. The Labute approximate surface area is 86.3 Å². The van der Waals surface area contributed by atoms with Gasteiger partial charge >= 0.3 is 6.09 Å². The smallest absolute Gasteiger partial charge is 0.409 e. The molecule has 6 nitrogen and oxygen atoms in total. The van der Waals surface area contributed by atoms with Gasteiger partial charge in [-0.25, -0.2) is 4.79 Å². The minimum absolute atomic E-state index is 0.123. The van der Waals surface area contributed by atoms with Crippen LogP contribution in [-0.4, -0.2) is 24.2 Å². The Kier molecular flexibility index (Phi) is 2.96. The number of rotatable bonds is 2. The molecule has 82 valence electrons. The summed E-state index contributed by atoms with van der Waals surface area (Å²) in [5, 5.41) is 10.5. The van der Waals surface area contributed by atoms with Crippen molar-refractivity contribution in [3.8, 4) is 0 Å². The van der Waals surface area contributed by atoms with E-state index in [9.17, 15) is 13.2 Å². The standard InChI is InChI=1S/C8H9NO5S/c1-5-2-3-6(15(12,13)14)4-7(5)9-8(10)11/h2-4,9H,1H3,(H,10,11)(H,12,13,14). The fraction of sp³-hybridized carbons (Fsp3) is 0.125. The van der Waals surface area contributed by atoms with E-state index >= 15 is 0 Å². The summed E-state index contributed by atoms with van der Waals surface area (Å²) in [4.78, 5) is 10.0. The van der Waals surface area contributed by atoms with Gasteiger partial charge in [-0.15, -0.1) is 0 Å². The molecule has 1 amide bonds. The molecule has 0 radical (unpaired) electrons. The van der Waals surface area contributed by atoms with Crippen molar-refractivity contribution >= 4 is 21.9 Å². The summed E-state index contributed by atoms with van der Waals surface area (Å²) in [6.07, 6.45) is -1.30. The molecule has 0 fully saturated rings. The van der Waals surface area contributed by atoms with E-state index < -0.39 is 16.2 Å². The largest absolute Gasteiger partial charge is 0.465 e. The second-order valence-corrected chi connectivity index (χ2v) is 4.30. The van der Waals surface area contributed by atoms with E-state index in [0.717, 1.165) is 6.07 Å². The molecule has 0 unspecified atom stereocenters. The summed E-state index contributed by atoms with van der Waals surface area (Å²) in [6, 6.07) is 3.64. The van der Waals surface area contributed by atoms with Gasteiger partial charge in [0.25, 0.3) is 10.1 Å². The predicted molar refractivity (Wildman–Crippen MR) is 52.6 cm³/mol. The highest BCUT2D eigenvalue weighted by atomic mass is 32.2. The average Bonchev–Trinajstić information content (AvgIpc) is 2.06. The molecule has 1 aromatic carbocycles. The van der Waals surface area contributed by atoms with Crippen LogP contribution in [0.25, 0.3) is 0 Å². The van der Waals surface area contributed by atoms with Crippen molar-refractivity contribution in [1.29, 1.82) is 0 Å². The number of benzene rings is 1. The maximum Gasteiger partial charge on any atom is 0.409 e. The van der Waals surface area contributed by atoms with Crippen LogP contribution in [0, 0.1) is 6.92 Å². The molecule has 3 N–H and O–H groups in total. The van der Waals surface area contributed by atoms with Gasteiger partial charge in [0.1, 0.15) is 0 Å². The van der Waals surface area contributed by atoms with Crippen molar-refractivity contribution < 1.29 is 22.9 Å². The van der Waals surface area contributed by atoms with Crippen molar-refractivity contribution in [2.75, 3.05) is 5.32 Å². The summed E-state index contributed by atoms with van der Waals surface area (Å²) in [7, 11) is -4.31. The number of nitrogens with one attached hydrogen (secondary N) is 1. The van der Waals surface area contributed by atoms with Gasteiger partial charge in [0.05, 0.1) is 4.90 Å². The van der Waals surface area contributed by atoms with E-state index in [1.54, 1.807) is 6.92 Å². The van der Waals surface area contributed by atoms with Gasteiger partial charge in [-0.05, 0) is 24.6 Å². The van der Waals surface area contributed by atoms with Crippen LogP contribution in [-0.2, 0) is 10.1 Å². The monoisotopic (exact) mass is 231 g/mol. The Morgan fingerprint density at radius 1 is 1.40 bits per heavy atom. The predicted octanol–water partition coefficient (Wildman–Crippen LogP) is 1.33. The molecule has 0 aliphatic carbocycles. The number of anilines is 1. The molecule has 0 bridgehead atoms. The molecule has 15 heavy (non-hydrogen) atoms. The van der Waals surface area contributed by atoms with Gasteiger partial charge in [0, 0.05) is 5.69 Å². The Morgan fingerprint density at radius 2 is 2.00 bits per heavy atom. The third-order valence-electron chi connectivity index (χ3n) is 1.75. The molecule has 0 atom stereocenters. The maximum atomic E-state index is 10.8. The zero-order valence-corrected chi connectivity index (χ0v) is 8.58. The van der Waals surface area contributed by atoms with Gasteiger partial charge in [0.2, 0.25) is 0 Å². The summed E-state index contributed by atoms with van der Waals surface area (Å²) in [5.74, 6) is 0. The van der Waals surface area contributed by atoms with Crippen LogP contribution in [0.1, 0.15) is 5.56 Å². The Hall–Kier alpha value is -1.60. The molecule has 0 heterocycles. The van der Waals surface area contributed by atoms with Crippen molar-refractivity contribution in [3.63, 3.8) is 0 Å². The lowest BCUT2D eigenvalue weighted by atomic mass is 10.2. The first-order chi connectivity index (χ1) is 6.80. The molecule has 0 saturated carbocycles. The topological polar surface area (TPSA) is 104 Å². The van der Waals surface area contributed by atoms with Crippen LogP contribution in [0.2, 0.25) is 0 Å². The van der Waals surface area contributed by atoms with E-state index in [4.69, 9.17) is 9.66 Å². The van der Waals surface area contributed by atoms with Crippen molar-refractivity contribution in [2.24, 2.45) is 0 Å². The zero-order valence-electron chi connectivity index (χ0n) is 7.76. The Balaban J connectivity index is 3.23. The lowest BCUT2D eigenvalue weighted by Gasteiger charge is -2.06. The van der Waals surface area contributed by atoms with E-state index in [0.29, 0.717) is 5.56 Å². The molecule has 0 aliphatic rings. The molecule has 7 heteroatoms. The lowest BCUT2D eigenvalue weighted by Crippen LogP contribution is -2.09. The maximum absolute atomic E-state index is 10.8. The van der Waals surface area contributed by atoms with Gasteiger partial charge in [-0.1, -0.05) is 6.07 Å². The number of hydrogen-bond donors (Lipinski definition) is 3. The summed E-state index contributed by atoms with van der Waals surface area (Å²) >= 11 is 0. The first-order valence-electron chi connectivity index (χ1n) is 3.89. The molecule has 0 saturated heterocycles. The third-order valence-corrected chi connectivity index (χ3v) is 2.60. The number of aryl methyl sites for hydroxylation is 1. The normalized spacial score (nSPS) is 11.1. The van der Waals surface area contributed by atoms with Crippen LogP contribution in [0.4, 0.5) is 10.5 Å². The summed E-state index contributed by atoms with van der Waals surface area (Å²) < 4.78 is 30.3. The van der Waals surface area contributed by atoms with Crippen LogP contribution in [0.15, 0.2) is 23.1 Å². The van der Waals surface area contributed by atoms with Gasteiger partial charge in [-0.3, -0.25) is 9.87 Å². The van der Waals surface area contributed by atoms with Gasteiger partial charge < -0.3 is 5.11 Å². The van der Waals surface area contributed by atoms with E-state index in [1.165, 1.54) is 12.1 Å². The van der Waals surface area contributed by atoms with Crippen LogP contribution in [0.3, 0.4) is 0 Å². The second kappa shape index (κ2) is 3.87. The SMILES string of the molecule is Cc1ccc(S(=O)(=O)O)cc1NC(=O)O. The van der Waals surface area contributed by atoms with E-state index in [-0.39, 0.29) is 10.6 Å². The fourth-order valence-electron chi connectivity index (χ4n) is 1.01.